The molecule has 1 fully saturated rings. The van der Waals surface area contributed by atoms with Gasteiger partial charge in [-0.1, -0.05) is 30.3 Å². The maximum absolute atomic E-state index is 13.1. The van der Waals surface area contributed by atoms with Crippen molar-refractivity contribution in [1.29, 1.82) is 0 Å². The van der Waals surface area contributed by atoms with Crippen molar-refractivity contribution in [2.45, 2.75) is 23.2 Å². The smallest absolute Gasteiger partial charge is 0.235 e. The molecule has 1 amide bonds. The molecule has 9 heteroatoms. The Hall–Kier alpha value is -3.08. The highest BCUT2D eigenvalue weighted by molar-refractivity contribution is 7.80. The van der Waals surface area contributed by atoms with Crippen molar-refractivity contribution in [2.24, 2.45) is 5.73 Å². The highest BCUT2D eigenvalue weighted by Crippen LogP contribution is 2.51. The molecule has 1 aliphatic heterocycles. The Labute approximate surface area is 217 Å². The van der Waals surface area contributed by atoms with Gasteiger partial charge in [-0.2, -0.15) is 0 Å². The lowest BCUT2D eigenvalue weighted by atomic mass is 9.94. The van der Waals surface area contributed by atoms with Gasteiger partial charge in [-0.15, -0.1) is 12.6 Å². The van der Waals surface area contributed by atoms with Crippen LogP contribution in [0.1, 0.15) is 18.4 Å². The summed E-state index contributed by atoms with van der Waals surface area (Å²) in [6, 6.07) is 21.7. The molecule has 5 rings (SSSR count). The number of likely N-dealkylation sites (N-methyl/N-ethyl adjacent to an activating group) is 1. The molecule has 1 heterocycles. The minimum Gasteiger partial charge on any atom is -0.454 e. The fraction of sp³-hybridized carbons (Fsp3) is 0.296. The molecule has 3 aromatic rings. The van der Waals surface area contributed by atoms with Crippen LogP contribution in [0.4, 0.5) is 5.69 Å². The third-order valence-electron chi connectivity index (χ3n) is 6.01. The second-order valence-electron chi connectivity index (χ2n) is 8.82. The van der Waals surface area contributed by atoms with E-state index in [1.54, 1.807) is 0 Å². The van der Waals surface area contributed by atoms with Gasteiger partial charge in [0.15, 0.2) is 11.5 Å². The topological polar surface area (TPSA) is 140 Å². The van der Waals surface area contributed by atoms with Crippen molar-refractivity contribution in [3.05, 3.63) is 72.3 Å². The summed E-state index contributed by atoms with van der Waals surface area (Å²) in [5.41, 5.74) is 8.63. The number of nitrogens with one attached hydrogen (secondary N) is 1. The van der Waals surface area contributed by atoms with E-state index >= 15 is 0 Å². The number of nitrogens with two attached hydrogens (primary N) is 1. The maximum atomic E-state index is 13.1. The van der Waals surface area contributed by atoms with Gasteiger partial charge in [0.05, 0.1) is 5.41 Å². The van der Waals surface area contributed by atoms with Crippen molar-refractivity contribution >= 4 is 24.2 Å². The molecule has 36 heavy (non-hydrogen) atoms. The van der Waals surface area contributed by atoms with E-state index < -0.39 is 5.41 Å². The molecule has 1 saturated carbocycles. The number of rotatable bonds is 6. The molecular formula is C27H35N3O5S. The monoisotopic (exact) mass is 513 g/mol. The van der Waals surface area contributed by atoms with Gasteiger partial charge in [0.2, 0.25) is 12.7 Å². The van der Waals surface area contributed by atoms with Crippen LogP contribution in [-0.4, -0.2) is 55.7 Å². The van der Waals surface area contributed by atoms with E-state index in [1.165, 1.54) is 0 Å². The Morgan fingerprint density at radius 3 is 2.28 bits per heavy atom. The summed E-state index contributed by atoms with van der Waals surface area (Å²) in [6.45, 7) is 1.98. The molecule has 0 atom stereocenters. The number of benzene rings is 3. The van der Waals surface area contributed by atoms with Crippen molar-refractivity contribution in [3.63, 3.8) is 0 Å². The first kappa shape index (κ1) is 29.2. The van der Waals surface area contributed by atoms with Crippen molar-refractivity contribution in [3.8, 4) is 22.6 Å². The quantitative estimate of drug-likeness (QED) is 0.435. The minimum absolute atomic E-state index is 0. The van der Waals surface area contributed by atoms with Crippen molar-refractivity contribution in [1.82, 2.24) is 4.90 Å². The number of nitrogens with zero attached hydrogens (tertiary/aromatic N) is 1. The molecule has 7 N–H and O–H groups in total. The van der Waals surface area contributed by atoms with E-state index in [0.29, 0.717) is 5.75 Å². The lowest BCUT2D eigenvalue weighted by Crippen LogP contribution is -2.27. The summed E-state index contributed by atoms with van der Waals surface area (Å²) in [7, 11) is 4.01. The Balaban J connectivity index is 0.000000514. The van der Waals surface area contributed by atoms with E-state index in [1.807, 2.05) is 80.8 Å². The highest BCUT2D eigenvalue weighted by atomic mass is 32.1. The number of ether oxygens (including phenoxy) is 2. The summed E-state index contributed by atoms with van der Waals surface area (Å²) in [5.74, 6) is 1.47. The Kier molecular flexibility index (Phi) is 10.3. The van der Waals surface area contributed by atoms with Gasteiger partial charge in [0.25, 0.3) is 0 Å². The fourth-order valence-electron chi connectivity index (χ4n) is 3.91. The lowest BCUT2D eigenvalue weighted by molar-refractivity contribution is -0.118. The number of anilines is 1. The normalized spacial score (nSPS) is 14.0. The number of carbonyl (C=O) groups is 1. The third kappa shape index (κ3) is 6.77. The molecule has 0 saturated heterocycles. The van der Waals surface area contributed by atoms with Gasteiger partial charge in [0.1, 0.15) is 0 Å². The number of amides is 1. The summed E-state index contributed by atoms with van der Waals surface area (Å²) >= 11 is 4.33. The summed E-state index contributed by atoms with van der Waals surface area (Å²) in [5, 5.41) is 3.11. The number of thiol groups is 1. The summed E-state index contributed by atoms with van der Waals surface area (Å²) in [4.78, 5) is 16.1. The number of fused-ring (bicyclic) bond motifs is 1. The summed E-state index contributed by atoms with van der Waals surface area (Å²) < 4.78 is 10.9. The molecule has 0 spiro atoms. The van der Waals surface area contributed by atoms with E-state index in [9.17, 15) is 4.79 Å². The van der Waals surface area contributed by atoms with Gasteiger partial charge < -0.3 is 36.4 Å². The minimum atomic E-state index is -0.481. The molecule has 194 valence electrons. The fourth-order valence-corrected chi connectivity index (χ4v) is 4.05. The molecule has 0 unspecified atom stereocenters. The van der Waals surface area contributed by atoms with Crippen LogP contribution in [0.25, 0.3) is 11.1 Å². The highest BCUT2D eigenvalue weighted by Gasteiger charge is 2.51. The van der Waals surface area contributed by atoms with Crippen LogP contribution >= 0.6 is 12.6 Å². The predicted octanol–water partition coefficient (Wildman–Crippen LogP) is 2.90. The number of carbonyl (C=O) groups excluding carboxylic acids is 1. The van der Waals surface area contributed by atoms with E-state index in [2.05, 4.69) is 22.8 Å². The SMILES string of the molecule is CN(C)CCN.O.O.O=C(Nc1cccc(-c2ccc(S)cc2)c1)C1(c2ccc3c(c2)OCO3)CC1. The second-order valence-corrected chi connectivity index (χ2v) is 9.34. The molecule has 0 radical (unpaired) electrons. The van der Waals surface area contributed by atoms with Crippen LogP contribution in [0.15, 0.2) is 71.6 Å². The van der Waals surface area contributed by atoms with Crippen LogP contribution in [0.3, 0.4) is 0 Å². The first-order valence-corrected chi connectivity index (χ1v) is 11.8. The molecule has 0 bridgehead atoms. The zero-order chi connectivity index (χ0) is 24.1. The van der Waals surface area contributed by atoms with Crippen LogP contribution in [0.5, 0.6) is 11.5 Å². The third-order valence-corrected chi connectivity index (χ3v) is 6.31. The van der Waals surface area contributed by atoms with Gasteiger partial charge in [-0.05, 0) is 80.0 Å². The van der Waals surface area contributed by atoms with Crippen LogP contribution in [-0.2, 0) is 10.2 Å². The zero-order valence-electron chi connectivity index (χ0n) is 20.6. The second kappa shape index (κ2) is 12.8. The lowest BCUT2D eigenvalue weighted by Gasteiger charge is -2.17. The molecular weight excluding hydrogens is 478 g/mol. The van der Waals surface area contributed by atoms with Crippen LogP contribution in [0.2, 0.25) is 0 Å². The van der Waals surface area contributed by atoms with Gasteiger partial charge in [-0.3, -0.25) is 4.79 Å². The molecule has 2 aliphatic rings. The van der Waals surface area contributed by atoms with E-state index in [-0.39, 0.29) is 23.7 Å². The van der Waals surface area contributed by atoms with Crippen LogP contribution < -0.4 is 20.5 Å². The summed E-state index contributed by atoms with van der Waals surface area (Å²) in [6.07, 6.45) is 1.67. The molecule has 8 nitrogen and oxygen atoms in total. The maximum Gasteiger partial charge on any atom is 0.235 e. The number of hydrogen-bond acceptors (Lipinski definition) is 6. The van der Waals surface area contributed by atoms with Crippen LogP contribution in [0, 0.1) is 0 Å². The van der Waals surface area contributed by atoms with Gasteiger partial charge in [-0.25, -0.2) is 0 Å². The standard InChI is InChI=1S/C23H19NO3S.C4H12N2.2H2O/c25-22(23(10-11-23)17-6-9-20-21(13-17)27-14-26-20)24-18-3-1-2-16(12-18)15-4-7-19(28)8-5-15;1-6(2)4-3-5;;/h1-9,12-13,28H,10-11,14H2,(H,24,25);3-5H2,1-2H3;2*1H2. The zero-order valence-corrected chi connectivity index (χ0v) is 21.5. The largest absolute Gasteiger partial charge is 0.454 e. The first-order valence-electron chi connectivity index (χ1n) is 11.4. The molecule has 0 aromatic heterocycles. The average Bonchev–Trinajstić information content (AvgIpc) is 3.51. The van der Waals surface area contributed by atoms with Gasteiger partial charge >= 0.3 is 0 Å². The molecule has 1 aliphatic carbocycles. The van der Waals surface area contributed by atoms with Crippen molar-refractivity contribution in [2.75, 3.05) is 39.3 Å². The Morgan fingerprint density at radius 2 is 1.67 bits per heavy atom. The number of hydrogen-bond donors (Lipinski definition) is 3. The first-order chi connectivity index (χ1) is 16.4. The Bertz CT molecular complexity index is 1150. The van der Waals surface area contributed by atoms with Crippen molar-refractivity contribution < 1.29 is 25.2 Å². The average molecular weight is 514 g/mol. The van der Waals surface area contributed by atoms with E-state index in [4.69, 9.17) is 15.2 Å². The Morgan fingerprint density at radius 1 is 0.972 bits per heavy atom. The predicted molar refractivity (Wildman–Crippen MR) is 146 cm³/mol. The van der Waals surface area contributed by atoms with E-state index in [0.717, 1.165) is 59.0 Å². The molecule has 3 aromatic carbocycles. The van der Waals surface area contributed by atoms with Gasteiger partial charge in [0, 0.05) is 23.7 Å².